The molecule has 0 aromatic rings. The first-order valence-corrected chi connectivity index (χ1v) is 5.85. The van der Waals surface area contributed by atoms with Crippen molar-refractivity contribution in [2.45, 2.75) is 44.2 Å². The lowest BCUT2D eigenvalue weighted by Crippen LogP contribution is -3.19. The lowest BCUT2D eigenvalue weighted by molar-refractivity contribution is -0.938. The van der Waals surface area contributed by atoms with E-state index in [0.29, 0.717) is 6.04 Å². The maximum absolute atomic E-state index is 10.3. The van der Waals surface area contributed by atoms with E-state index in [1.54, 1.807) is 4.90 Å². The molecule has 0 bridgehead atoms. The molecule has 0 aliphatic carbocycles. The molecular weight excluding hydrogens is 178 g/mol. The van der Waals surface area contributed by atoms with E-state index < -0.39 is 5.60 Å². The van der Waals surface area contributed by atoms with E-state index in [4.69, 9.17) is 4.74 Å². The topological polar surface area (TPSA) is 33.9 Å². The largest absolute Gasteiger partial charge is 0.384 e. The van der Waals surface area contributed by atoms with Crippen molar-refractivity contribution in [1.29, 1.82) is 0 Å². The monoisotopic (exact) mass is 200 g/mol. The van der Waals surface area contributed by atoms with Crippen LogP contribution in [0.5, 0.6) is 0 Å². The third kappa shape index (κ3) is 2.10. The fourth-order valence-electron chi connectivity index (χ4n) is 2.75. The Morgan fingerprint density at radius 1 is 1.29 bits per heavy atom. The van der Waals surface area contributed by atoms with Crippen LogP contribution in [0.25, 0.3) is 0 Å². The molecule has 0 spiro atoms. The van der Waals surface area contributed by atoms with E-state index in [1.165, 1.54) is 32.4 Å². The van der Waals surface area contributed by atoms with Gasteiger partial charge >= 0.3 is 0 Å². The molecule has 82 valence electrons. The molecule has 2 fully saturated rings. The van der Waals surface area contributed by atoms with Gasteiger partial charge in [-0.25, -0.2) is 0 Å². The van der Waals surface area contributed by atoms with E-state index in [1.807, 2.05) is 6.92 Å². The fourth-order valence-corrected chi connectivity index (χ4v) is 2.75. The first kappa shape index (κ1) is 10.4. The van der Waals surface area contributed by atoms with Gasteiger partial charge in [-0.1, -0.05) is 0 Å². The minimum atomic E-state index is -0.509. The molecule has 2 N–H and O–H groups in total. The third-order valence-corrected chi connectivity index (χ3v) is 3.78. The number of likely N-dealkylation sites (tertiary alicyclic amines) is 1. The highest BCUT2D eigenvalue weighted by atomic mass is 16.5. The van der Waals surface area contributed by atoms with Gasteiger partial charge in [0.1, 0.15) is 18.2 Å². The normalized spacial score (nSPS) is 41.1. The van der Waals surface area contributed by atoms with Gasteiger partial charge in [0, 0.05) is 13.0 Å². The van der Waals surface area contributed by atoms with Crippen LogP contribution in [0.2, 0.25) is 0 Å². The molecule has 3 heteroatoms. The van der Waals surface area contributed by atoms with Gasteiger partial charge in [-0.05, 0) is 26.2 Å². The zero-order valence-corrected chi connectivity index (χ0v) is 9.09. The van der Waals surface area contributed by atoms with Crippen LogP contribution >= 0.6 is 0 Å². The van der Waals surface area contributed by atoms with Crippen molar-refractivity contribution in [1.82, 2.24) is 0 Å². The van der Waals surface area contributed by atoms with Crippen LogP contribution in [0.1, 0.15) is 32.6 Å². The summed E-state index contributed by atoms with van der Waals surface area (Å²) in [5, 5.41) is 10.3. The summed E-state index contributed by atoms with van der Waals surface area (Å²) in [6, 6.07) is 0.302. The Kier molecular flexibility index (Phi) is 3.10. The van der Waals surface area contributed by atoms with E-state index in [-0.39, 0.29) is 0 Å². The van der Waals surface area contributed by atoms with Gasteiger partial charge in [0.15, 0.2) is 0 Å². The molecule has 0 aromatic heterocycles. The summed E-state index contributed by atoms with van der Waals surface area (Å²) in [7, 11) is 0. The highest BCUT2D eigenvalue weighted by molar-refractivity contribution is 4.85. The predicted molar refractivity (Wildman–Crippen MR) is 54.4 cm³/mol. The summed E-state index contributed by atoms with van der Waals surface area (Å²) in [6.45, 7) is 5.86. The van der Waals surface area contributed by atoms with Gasteiger partial charge in [0.05, 0.1) is 13.1 Å². The molecular formula is C11H22NO2+. The van der Waals surface area contributed by atoms with Crippen LogP contribution in [0.3, 0.4) is 0 Å². The highest BCUT2D eigenvalue weighted by Crippen LogP contribution is 2.18. The number of quaternary nitrogens is 1. The van der Waals surface area contributed by atoms with Gasteiger partial charge in [-0.3, -0.25) is 0 Å². The molecule has 2 heterocycles. The molecule has 0 aromatic carbocycles. The van der Waals surface area contributed by atoms with Crippen LogP contribution in [-0.2, 0) is 4.74 Å². The summed E-state index contributed by atoms with van der Waals surface area (Å²) in [4.78, 5) is 1.56. The van der Waals surface area contributed by atoms with Crippen molar-refractivity contribution in [3.05, 3.63) is 0 Å². The number of piperidine rings is 1. The molecule has 2 atom stereocenters. The summed E-state index contributed by atoms with van der Waals surface area (Å²) >= 11 is 0. The number of rotatable bonds is 1. The zero-order valence-electron chi connectivity index (χ0n) is 9.09. The smallest absolute Gasteiger partial charge is 0.140 e. The highest BCUT2D eigenvalue weighted by Gasteiger charge is 2.42. The van der Waals surface area contributed by atoms with Gasteiger partial charge in [0.25, 0.3) is 0 Å². The van der Waals surface area contributed by atoms with Crippen LogP contribution in [-0.4, -0.2) is 43.1 Å². The Labute approximate surface area is 86.0 Å². The van der Waals surface area contributed by atoms with Crippen LogP contribution in [0, 0.1) is 0 Å². The fraction of sp³-hybridized carbons (Fsp3) is 1.00. The molecule has 0 saturated carbocycles. The Hall–Kier alpha value is -0.120. The zero-order chi connectivity index (χ0) is 10.0. The number of hydrogen-bond acceptors (Lipinski definition) is 2. The van der Waals surface area contributed by atoms with Crippen molar-refractivity contribution in [2.75, 3.05) is 26.3 Å². The average Bonchev–Trinajstić information content (AvgIpc) is 2.18. The van der Waals surface area contributed by atoms with Crippen molar-refractivity contribution < 1.29 is 14.7 Å². The Morgan fingerprint density at radius 3 is 2.64 bits per heavy atom. The molecule has 0 unspecified atom stereocenters. The standard InChI is InChI=1S/C11H21NO2/c1-11(13)5-8-14-9-10(11)12-6-3-2-4-7-12/h10,13H,2-9H2,1H3/p+1/t10-,11-/m0/s1. The minimum Gasteiger partial charge on any atom is -0.384 e. The van der Waals surface area contributed by atoms with E-state index in [2.05, 4.69) is 0 Å². The Morgan fingerprint density at radius 2 is 2.00 bits per heavy atom. The quantitative estimate of drug-likeness (QED) is 0.604. The van der Waals surface area contributed by atoms with Gasteiger partial charge in [-0.15, -0.1) is 0 Å². The molecule has 14 heavy (non-hydrogen) atoms. The van der Waals surface area contributed by atoms with E-state index in [9.17, 15) is 5.11 Å². The third-order valence-electron chi connectivity index (χ3n) is 3.78. The Bertz CT molecular complexity index is 188. The summed E-state index contributed by atoms with van der Waals surface area (Å²) < 4.78 is 5.49. The van der Waals surface area contributed by atoms with E-state index >= 15 is 0 Å². The van der Waals surface area contributed by atoms with Crippen molar-refractivity contribution in [3.8, 4) is 0 Å². The number of ether oxygens (including phenoxy) is 1. The van der Waals surface area contributed by atoms with E-state index in [0.717, 1.165) is 19.6 Å². The summed E-state index contributed by atoms with van der Waals surface area (Å²) in [6.07, 6.45) is 4.77. The molecule has 2 rings (SSSR count). The molecule has 0 amide bonds. The van der Waals surface area contributed by atoms with Crippen molar-refractivity contribution in [3.63, 3.8) is 0 Å². The van der Waals surface area contributed by atoms with Crippen molar-refractivity contribution in [2.24, 2.45) is 0 Å². The van der Waals surface area contributed by atoms with Crippen molar-refractivity contribution >= 4 is 0 Å². The lowest BCUT2D eigenvalue weighted by atomic mass is 9.89. The van der Waals surface area contributed by atoms with Crippen LogP contribution in [0.15, 0.2) is 0 Å². The van der Waals surface area contributed by atoms with Gasteiger partial charge < -0.3 is 14.7 Å². The Balaban J connectivity index is 1.99. The molecule has 2 aliphatic heterocycles. The maximum atomic E-state index is 10.3. The predicted octanol–water partition coefficient (Wildman–Crippen LogP) is -0.405. The number of hydrogen-bond donors (Lipinski definition) is 2. The second-order valence-corrected chi connectivity index (χ2v) is 4.95. The summed E-state index contributed by atoms with van der Waals surface area (Å²) in [5.41, 5.74) is -0.509. The molecule has 0 radical (unpaired) electrons. The van der Waals surface area contributed by atoms with Gasteiger partial charge in [0.2, 0.25) is 0 Å². The first-order valence-electron chi connectivity index (χ1n) is 5.85. The molecule has 3 nitrogen and oxygen atoms in total. The van der Waals surface area contributed by atoms with Crippen LogP contribution < -0.4 is 4.90 Å². The second kappa shape index (κ2) is 4.17. The van der Waals surface area contributed by atoms with Crippen LogP contribution in [0.4, 0.5) is 0 Å². The summed E-state index contributed by atoms with van der Waals surface area (Å²) in [5.74, 6) is 0. The second-order valence-electron chi connectivity index (χ2n) is 4.95. The molecule has 2 aliphatic rings. The minimum absolute atomic E-state index is 0.302. The lowest BCUT2D eigenvalue weighted by Gasteiger charge is -2.42. The number of nitrogens with one attached hydrogen (secondary N) is 1. The van der Waals surface area contributed by atoms with Gasteiger partial charge in [-0.2, -0.15) is 0 Å². The molecule has 2 saturated heterocycles. The SMILES string of the molecule is C[C@]1(O)CCOC[C@@H]1[NH+]1CCCCC1. The maximum Gasteiger partial charge on any atom is 0.140 e. The number of aliphatic hydroxyl groups is 1. The average molecular weight is 200 g/mol. The first-order chi connectivity index (χ1) is 6.70.